The van der Waals surface area contributed by atoms with Crippen molar-refractivity contribution in [3.05, 3.63) is 83.9 Å². The van der Waals surface area contributed by atoms with Gasteiger partial charge in [-0.1, -0.05) is 48.5 Å². The van der Waals surface area contributed by atoms with Gasteiger partial charge in [-0.05, 0) is 22.8 Å². The Balaban J connectivity index is 2.04. The molecule has 0 aliphatic heterocycles. The Morgan fingerprint density at radius 2 is 1.62 bits per heavy atom. The quantitative estimate of drug-likeness (QED) is 0.733. The third-order valence-corrected chi connectivity index (χ3v) is 3.31. The second-order valence-electron chi connectivity index (χ2n) is 4.65. The molecular weight excluding hydrogens is 260 g/mol. The Morgan fingerprint density at radius 3 is 2.33 bits per heavy atom. The molecule has 1 radical (unpaired) electrons. The molecule has 0 fully saturated rings. The fourth-order valence-corrected chi connectivity index (χ4v) is 2.32. The smallest absolute Gasteiger partial charge is 0.234 e. The molecule has 0 saturated carbocycles. The second kappa shape index (κ2) is 6.09. The molecule has 0 spiro atoms. The van der Waals surface area contributed by atoms with Gasteiger partial charge in [0.25, 0.3) is 0 Å². The van der Waals surface area contributed by atoms with Crippen LogP contribution in [-0.2, 0) is 11.2 Å². The van der Waals surface area contributed by atoms with Crippen molar-refractivity contribution in [3.63, 3.8) is 0 Å². The molecule has 3 heteroatoms. The summed E-state index contributed by atoms with van der Waals surface area (Å²) in [6, 6.07) is 17.4. The molecule has 0 aliphatic rings. The number of aromatic nitrogens is 2. The highest BCUT2D eigenvalue weighted by molar-refractivity contribution is 5.89. The number of benzene rings is 2. The van der Waals surface area contributed by atoms with Gasteiger partial charge in [0.2, 0.25) is 6.29 Å². The van der Waals surface area contributed by atoms with Crippen LogP contribution in [0.4, 0.5) is 0 Å². The highest BCUT2D eigenvalue weighted by Crippen LogP contribution is 2.25. The summed E-state index contributed by atoms with van der Waals surface area (Å²) in [4.78, 5) is 19.9. The Hall–Kier alpha value is -2.81. The number of nitrogens with zero attached hydrogens (tertiary/aromatic N) is 2. The fraction of sp³-hybridized carbons (Fsp3) is 0.0556. The van der Waals surface area contributed by atoms with E-state index in [1.54, 1.807) is 18.5 Å². The van der Waals surface area contributed by atoms with Crippen molar-refractivity contribution < 1.29 is 4.79 Å². The molecule has 0 aliphatic carbocycles. The summed E-state index contributed by atoms with van der Waals surface area (Å²) >= 11 is 0. The molecule has 2 aromatic carbocycles. The molecule has 101 valence electrons. The van der Waals surface area contributed by atoms with E-state index in [2.05, 4.69) is 16.3 Å². The van der Waals surface area contributed by atoms with E-state index in [-0.39, 0.29) is 0 Å². The highest BCUT2D eigenvalue weighted by atomic mass is 16.1. The maximum Gasteiger partial charge on any atom is 0.234 e. The van der Waals surface area contributed by atoms with E-state index in [0.717, 1.165) is 16.7 Å². The number of hydrogen-bond acceptors (Lipinski definition) is 3. The standard InChI is InChI=1S/C18H13N2O/c21-13-17-15(12-18-19-10-5-11-20-18)8-4-9-16(17)14-6-2-1-3-7-14/h1-11H,12H2. The number of rotatable bonds is 4. The Labute approximate surface area is 123 Å². The van der Waals surface area contributed by atoms with Crippen molar-refractivity contribution in [1.82, 2.24) is 9.97 Å². The minimum absolute atomic E-state index is 0.520. The maximum absolute atomic E-state index is 11.4. The van der Waals surface area contributed by atoms with Crippen LogP contribution in [0.1, 0.15) is 17.0 Å². The highest BCUT2D eigenvalue weighted by Gasteiger charge is 2.11. The van der Waals surface area contributed by atoms with Gasteiger partial charge in [-0.15, -0.1) is 0 Å². The first-order valence-electron chi connectivity index (χ1n) is 6.70. The zero-order chi connectivity index (χ0) is 14.5. The molecule has 3 rings (SSSR count). The SMILES string of the molecule is O=[C]c1c(Cc2ncccn2)cccc1-c1ccccc1. The topological polar surface area (TPSA) is 42.9 Å². The predicted octanol–water partition coefficient (Wildman–Crippen LogP) is 3.19. The van der Waals surface area contributed by atoms with Crippen LogP contribution in [0.15, 0.2) is 67.0 Å². The molecule has 0 amide bonds. The van der Waals surface area contributed by atoms with Gasteiger partial charge >= 0.3 is 0 Å². The maximum atomic E-state index is 11.4. The molecule has 0 unspecified atom stereocenters. The zero-order valence-corrected chi connectivity index (χ0v) is 11.4. The molecular formula is C18H13N2O. The average molecular weight is 273 g/mol. The summed E-state index contributed by atoms with van der Waals surface area (Å²) in [5.41, 5.74) is 3.36. The monoisotopic (exact) mass is 273 g/mol. The lowest BCUT2D eigenvalue weighted by Gasteiger charge is -2.09. The Bertz CT molecular complexity index is 740. The number of carbonyl (C=O) groups excluding carboxylic acids is 1. The van der Waals surface area contributed by atoms with Crippen LogP contribution in [0.25, 0.3) is 11.1 Å². The lowest BCUT2D eigenvalue weighted by atomic mass is 9.94. The lowest BCUT2D eigenvalue weighted by molar-refractivity contribution is 0.562. The molecule has 3 nitrogen and oxygen atoms in total. The van der Waals surface area contributed by atoms with E-state index >= 15 is 0 Å². The van der Waals surface area contributed by atoms with Crippen LogP contribution >= 0.6 is 0 Å². The molecule has 3 aromatic rings. The van der Waals surface area contributed by atoms with Gasteiger partial charge in [-0.3, -0.25) is 4.79 Å². The summed E-state index contributed by atoms with van der Waals surface area (Å²) in [5, 5.41) is 0. The third-order valence-electron chi connectivity index (χ3n) is 3.31. The van der Waals surface area contributed by atoms with Crippen molar-refractivity contribution in [1.29, 1.82) is 0 Å². The van der Waals surface area contributed by atoms with Crippen molar-refractivity contribution in [2.24, 2.45) is 0 Å². The van der Waals surface area contributed by atoms with Gasteiger partial charge in [-0.2, -0.15) is 0 Å². The van der Waals surface area contributed by atoms with Crippen LogP contribution in [-0.4, -0.2) is 16.3 Å². The summed E-state index contributed by atoms with van der Waals surface area (Å²) in [7, 11) is 0. The van der Waals surface area contributed by atoms with Gasteiger partial charge in [0.05, 0.1) is 0 Å². The second-order valence-corrected chi connectivity index (χ2v) is 4.65. The first-order chi connectivity index (χ1) is 10.4. The summed E-state index contributed by atoms with van der Waals surface area (Å²) < 4.78 is 0. The molecule has 1 heterocycles. The normalized spacial score (nSPS) is 10.3. The minimum Gasteiger partial charge on any atom is -0.285 e. The van der Waals surface area contributed by atoms with Crippen molar-refractivity contribution in [3.8, 4) is 11.1 Å². The first-order valence-corrected chi connectivity index (χ1v) is 6.70. The van der Waals surface area contributed by atoms with Gasteiger partial charge in [0, 0.05) is 24.4 Å². The zero-order valence-electron chi connectivity index (χ0n) is 11.4. The summed E-state index contributed by atoms with van der Waals surface area (Å²) in [6.45, 7) is 0. The van der Waals surface area contributed by atoms with Gasteiger partial charge in [-0.25, -0.2) is 9.97 Å². The molecule has 0 N–H and O–H groups in total. The average Bonchev–Trinajstić information content (AvgIpc) is 2.56. The van der Waals surface area contributed by atoms with E-state index in [9.17, 15) is 4.79 Å². The molecule has 21 heavy (non-hydrogen) atoms. The van der Waals surface area contributed by atoms with Crippen molar-refractivity contribution >= 4 is 6.29 Å². The fourth-order valence-electron chi connectivity index (χ4n) is 2.32. The van der Waals surface area contributed by atoms with E-state index in [1.165, 1.54) is 0 Å². The Kier molecular flexibility index (Phi) is 3.83. The van der Waals surface area contributed by atoms with E-state index in [4.69, 9.17) is 0 Å². The third kappa shape index (κ3) is 2.87. The summed E-state index contributed by atoms with van der Waals surface area (Å²) in [5.74, 6) is 0.694. The summed E-state index contributed by atoms with van der Waals surface area (Å²) in [6.07, 6.45) is 6.00. The molecule has 0 saturated heterocycles. The minimum atomic E-state index is 0.520. The Morgan fingerprint density at radius 1 is 0.857 bits per heavy atom. The van der Waals surface area contributed by atoms with Crippen LogP contribution < -0.4 is 0 Å². The first kappa shape index (κ1) is 13.2. The predicted molar refractivity (Wildman–Crippen MR) is 81.5 cm³/mol. The van der Waals surface area contributed by atoms with Crippen molar-refractivity contribution in [2.45, 2.75) is 6.42 Å². The molecule has 0 bridgehead atoms. The van der Waals surface area contributed by atoms with Gasteiger partial charge < -0.3 is 0 Å². The lowest BCUT2D eigenvalue weighted by Crippen LogP contribution is -2.00. The van der Waals surface area contributed by atoms with Crippen molar-refractivity contribution in [2.75, 3.05) is 0 Å². The van der Waals surface area contributed by atoms with Crippen LogP contribution in [0.5, 0.6) is 0 Å². The van der Waals surface area contributed by atoms with E-state index in [0.29, 0.717) is 17.8 Å². The van der Waals surface area contributed by atoms with Crippen LogP contribution in [0.2, 0.25) is 0 Å². The molecule has 1 aromatic heterocycles. The van der Waals surface area contributed by atoms with Crippen LogP contribution in [0.3, 0.4) is 0 Å². The molecule has 0 atom stereocenters. The number of hydrogen-bond donors (Lipinski definition) is 0. The van der Waals surface area contributed by atoms with E-state index < -0.39 is 0 Å². The van der Waals surface area contributed by atoms with Crippen LogP contribution in [0, 0.1) is 0 Å². The van der Waals surface area contributed by atoms with Gasteiger partial charge in [0.15, 0.2) is 0 Å². The largest absolute Gasteiger partial charge is 0.285 e. The van der Waals surface area contributed by atoms with E-state index in [1.807, 2.05) is 48.5 Å². The van der Waals surface area contributed by atoms with Gasteiger partial charge in [0.1, 0.15) is 5.82 Å².